The van der Waals surface area contributed by atoms with E-state index in [0.29, 0.717) is 18.9 Å². The van der Waals surface area contributed by atoms with Gasteiger partial charge in [0.05, 0.1) is 4.90 Å². The van der Waals surface area contributed by atoms with Crippen molar-refractivity contribution in [3.63, 3.8) is 0 Å². The molecule has 0 bridgehead atoms. The third kappa shape index (κ3) is 4.84. The van der Waals surface area contributed by atoms with Crippen LogP contribution < -0.4 is 10.1 Å². The summed E-state index contributed by atoms with van der Waals surface area (Å²) in [5.41, 5.74) is 0. The lowest BCUT2D eigenvalue weighted by Crippen LogP contribution is -2.23. The van der Waals surface area contributed by atoms with E-state index in [-0.39, 0.29) is 10.9 Å². The Morgan fingerprint density at radius 1 is 1.29 bits per heavy atom. The van der Waals surface area contributed by atoms with Crippen LogP contribution >= 0.6 is 11.3 Å². The first-order valence-electron chi connectivity index (χ1n) is 6.66. The quantitative estimate of drug-likeness (QED) is 0.795. The van der Waals surface area contributed by atoms with Crippen molar-refractivity contribution in [1.82, 2.24) is 5.32 Å². The average molecular weight is 325 g/mol. The minimum atomic E-state index is -3.19. The summed E-state index contributed by atoms with van der Waals surface area (Å²) in [6, 6.07) is 11.0. The summed E-state index contributed by atoms with van der Waals surface area (Å²) in [5.74, 6) is 0.573. The van der Waals surface area contributed by atoms with Crippen molar-refractivity contribution >= 4 is 21.2 Å². The number of benzene rings is 1. The first-order valence-corrected chi connectivity index (χ1v) is 9.43. The molecule has 4 nitrogen and oxygen atoms in total. The molecule has 0 aliphatic carbocycles. The highest BCUT2D eigenvalue weighted by molar-refractivity contribution is 7.90. The van der Waals surface area contributed by atoms with Gasteiger partial charge in [0, 0.05) is 23.7 Å². The van der Waals surface area contributed by atoms with E-state index < -0.39 is 9.84 Å². The van der Waals surface area contributed by atoms with Crippen LogP contribution in [0.1, 0.15) is 17.8 Å². The molecule has 1 atom stereocenters. The molecule has 0 saturated heterocycles. The monoisotopic (exact) mass is 325 g/mol. The number of thiophene rings is 1. The zero-order valence-corrected chi connectivity index (χ0v) is 13.7. The lowest BCUT2D eigenvalue weighted by Gasteiger charge is -2.13. The fraction of sp³-hybridized carbons (Fsp3) is 0.333. The van der Waals surface area contributed by atoms with Gasteiger partial charge in [-0.2, -0.15) is 0 Å². The highest BCUT2D eigenvalue weighted by Gasteiger charge is 2.08. The topological polar surface area (TPSA) is 55.4 Å². The van der Waals surface area contributed by atoms with Gasteiger partial charge in [-0.25, -0.2) is 8.42 Å². The normalized spacial score (nSPS) is 13.0. The second-order valence-corrected chi connectivity index (χ2v) is 7.78. The van der Waals surface area contributed by atoms with Crippen LogP contribution in [0.15, 0.2) is 46.7 Å². The van der Waals surface area contributed by atoms with Crippen molar-refractivity contribution in [3.8, 4) is 5.75 Å². The predicted molar refractivity (Wildman–Crippen MR) is 85.8 cm³/mol. The molecule has 1 unspecified atom stereocenters. The fourth-order valence-electron chi connectivity index (χ4n) is 1.88. The average Bonchev–Trinajstić information content (AvgIpc) is 2.97. The Labute approximate surface area is 129 Å². The van der Waals surface area contributed by atoms with Gasteiger partial charge in [-0.05, 0) is 36.6 Å². The Morgan fingerprint density at radius 3 is 2.76 bits per heavy atom. The van der Waals surface area contributed by atoms with Crippen LogP contribution in [0.4, 0.5) is 0 Å². The van der Waals surface area contributed by atoms with E-state index in [9.17, 15) is 8.42 Å². The molecule has 0 aliphatic heterocycles. The largest absolute Gasteiger partial charge is 0.492 e. The molecular weight excluding hydrogens is 306 g/mol. The molecule has 1 heterocycles. The van der Waals surface area contributed by atoms with Gasteiger partial charge < -0.3 is 10.1 Å². The molecule has 1 aromatic carbocycles. The van der Waals surface area contributed by atoms with Gasteiger partial charge in [-0.3, -0.25) is 0 Å². The molecule has 1 aromatic heterocycles. The highest BCUT2D eigenvalue weighted by atomic mass is 32.2. The zero-order chi connectivity index (χ0) is 15.3. The SMILES string of the molecule is CC(NCCOc1cccc(S(C)(=O)=O)c1)c1cccs1. The van der Waals surface area contributed by atoms with Crippen molar-refractivity contribution in [2.45, 2.75) is 17.9 Å². The molecule has 0 radical (unpaired) electrons. The van der Waals surface area contributed by atoms with E-state index in [1.807, 2.05) is 6.07 Å². The summed E-state index contributed by atoms with van der Waals surface area (Å²) >= 11 is 1.72. The molecule has 114 valence electrons. The van der Waals surface area contributed by atoms with Crippen LogP contribution in [-0.2, 0) is 9.84 Å². The van der Waals surface area contributed by atoms with Crippen molar-refractivity contribution in [1.29, 1.82) is 0 Å². The van der Waals surface area contributed by atoms with E-state index in [4.69, 9.17) is 4.74 Å². The molecule has 2 rings (SSSR count). The maximum absolute atomic E-state index is 11.5. The number of rotatable bonds is 7. The smallest absolute Gasteiger partial charge is 0.175 e. The summed E-state index contributed by atoms with van der Waals surface area (Å²) in [5, 5.41) is 5.42. The van der Waals surface area contributed by atoms with Gasteiger partial charge >= 0.3 is 0 Å². The lowest BCUT2D eigenvalue weighted by molar-refractivity contribution is 0.307. The van der Waals surface area contributed by atoms with Gasteiger partial charge in [0.25, 0.3) is 0 Å². The molecule has 21 heavy (non-hydrogen) atoms. The molecule has 6 heteroatoms. The van der Waals surface area contributed by atoms with Gasteiger partial charge in [0.15, 0.2) is 9.84 Å². The van der Waals surface area contributed by atoms with Crippen molar-refractivity contribution in [2.75, 3.05) is 19.4 Å². The first-order chi connectivity index (χ1) is 9.97. The number of nitrogens with one attached hydrogen (secondary N) is 1. The Morgan fingerprint density at radius 2 is 2.10 bits per heavy atom. The maximum atomic E-state index is 11.5. The second-order valence-electron chi connectivity index (χ2n) is 4.79. The van der Waals surface area contributed by atoms with Crippen LogP contribution in [0, 0.1) is 0 Å². The molecule has 1 N–H and O–H groups in total. The minimum Gasteiger partial charge on any atom is -0.492 e. The lowest BCUT2D eigenvalue weighted by atomic mass is 10.3. The first kappa shape index (κ1) is 16.0. The Kier molecular flexibility index (Phi) is 5.39. The van der Waals surface area contributed by atoms with Crippen LogP contribution in [0.25, 0.3) is 0 Å². The predicted octanol–water partition coefficient (Wildman–Crippen LogP) is 2.88. The fourth-order valence-corrected chi connectivity index (χ4v) is 3.29. The van der Waals surface area contributed by atoms with E-state index in [1.54, 1.807) is 35.6 Å². The molecule has 2 aromatic rings. The number of sulfone groups is 1. The number of ether oxygens (including phenoxy) is 1. The summed E-state index contributed by atoms with van der Waals surface area (Å²) < 4.78 is 28.5. The van der Waals surface area contributed by atoms with E-state index in [1.165, 1.54) is 11.1 Å². The molecular formula is C15H19NO3S2. The van der Waals surface area contributed by atoms with E-state index in [0.717, 1.165) is 0 Å². The van der Waals surface area contributed by atoms with Crippen LogP contribution in [0.2, 0.25) is 0 Å². The maximum Gasteiger partial charge on any atom is 0.175 e. The van der Waals surface area contributed by atoms with Crippen molar-refractivity contribution in [2.24, 2.45) is 0 Å². The molecule has 0 aliphatic rings. The molecule has 0 spiro atoms. The Hall–Kier alpha value is -1.37. The zero-order valence-electron chi connectivity index (χ0n) is 12.1. The highest BCUT2D eigenvalue weighted by Crippen LogP contribution is 2.18. The third-order valence-electron chi connectivity index (χ3n) is 3.02. The van der Waals surface area contributed by atoms with Gasteiger partial charge in [0.2, 0.25) is 0 Å². The third-order valence-corrected chi connectivity index (χ3v) is 5.19. The van der Waals surface area contributed by atoms with Gasteiger partial charge in [0.1, 0.15) is 12.4 Å². The van der Waals surface area contributed by atoms with Crippen molar-refractivity contribution in [3.05, 3.63) is 46.7 Å². The second kappa shape index (κ2) is 7.06. The van der Waals surface area contributed by atoms with Gasteiger partial charge in [-0.15, -0.1) is 11.3 Å². The molecule has 0 saturated carbocycles. The number of hydrogen-bond donors (Lipinski definition) is 1. The summed E-state index contributed by atoms with van der Waals surface area (Å²) in [4.78, 5) is 1.56. The Bertz CT molecular complexity index is 666. The molecule has 0 fully saturated rings. The van der Waals surface area contributed by atoms with Crippen molar-refractivity contribution < 1.29 is 13.2 Å². The van der Waals surface area contributed by atoms with E-state index in [2.05, 4.69) is 23.7 Å². The van der Waals surface area contributed by atoms with Crippen LogP contribution in [0.3, 0.4) is 0 Å². The summed E-state index contributed by atoms with van der Waals surface area (Å²) in [6.45, 7) is 3.29. The summed E-state index contributed by atoms with van der Waals surface area (Å²) in [7, 11) is -3.19. The Balaban J connectivity index is 1.81. The standard InChI is InChI=1S/C15H19NO3S2/c1-12(15-7-4-10-20-15)16-8-9-19-13-5-3-6-14(11-13)21(2,17)18/h3-7,10-12,16H,8-9H2,1-2H3. The van der Waals surface area contributed by atoms with Gasteiger partial charge in [-0.1, -0.05) is 12.1 Å². The molecule has 0 amide bonds. The number of hydrogen-bond acceptors (Lipinski definition) is 5. The summed E-state index contributed by atoms with van der Waals surface area (Å²) in [6.07, 6.45) is 1.19. The van der Waals surface area contributed by atoms with E-state index >= 15 is 0 Å². The van der Waals surface area contributed by atoms with Crippen LogP contribution in [-0.4, -0.2) is 27.8 Å². The minimum absolute atomic E-state index is 0.278. The van der Waals surface area contributed by atoms with Crippen LogP contribution in [0.5, 0.6) is 5.75 Å².